The van der Waals surface area contributed by atoms with E-state index in [1.807, 2.05) is 55.5 Å². The van der Waals surface area contributed by atoms with Crippen LogP contribution in [0.5, 0.6) is 0 Å². The number of rotatable bonds is 4. The van der Waals surface area contributed by atoms with Gasteiger partial charge in [0.15, 0.2) is 0 Å². The summed E-state index contributed by atoms with van der Waals surface area (Å²) in [5.74, 6) is -0.905. The normalized spacial score (nSPS) is 12.3. The monoisotopic (exact) mass is 325 g/mol. The molecule has 1 heterocycles. The Bertz CT molecular complexity index is 936. The molecule has 23 heavy (non-hydrogen) atoms. The van der Waals surface area contributed by atoms with Gasteiger partial charge in [-0.05, 0) is 24.6 Å². The molecule has 0 saturated carbocycles. The van der Waals surface area contributed by atoms with E-state index in [2.05, 4.69) is 10.2 Å². The zero-order chi connectivity index (χ0) is 16.2. The Labute approximate surface area is 136 Å². The first-order valence-corrected chi connectivity index (χ1v) is 7.89. The van der Waals surface area contributed by atoms with Crippen LogP contribution in [0.15, 0.2) is 58.7 Å². The molecule has 1 aromatic heterocycles. The summed E-state index contributed by atoms with van der Waals surface area (Å²) in [5, 5.41) is 17.4. The molecule has 0 spiro atoms. The van der Waals surface area contributed by atoms with E-state index < -0.39 is 5.97 Å². The van der Waals surface area contributed by atoms with Gasteiger partial charge in [0.05, 0.1) is 16.4 Å². The first-order chi connectivity index (χ1) is 11.1. The zero-order valence-electron chi connectivity index (χ0n) is 12.5. The van der Waals surface area contributed by atoms with E-state index in [1.54, 1.807) is 10.8 Å². The molecule has 0 bridgehead atoms. The number of para-hydroxylation sites is 1. The van der Waals surface area contributed by atoms with Crippen LogP contribution in [0, 0.1) is 6.92 Å². The number of thiazole rings is 1. The Morgan fingerprint density at radius 3 is 2.70 bits per heavy atom. The number of benzene rings is 2. The van der Waals surface area contributed by atoms with Crippen LogP contribution in [0.2, 0.25) is 0 Å². The Morgan fingerprint density at radius 1 is 1.22 bits per heavy atom. The summed E-state index contributed by atoms with van der Waals surface area (Å²) in [7, 11) is 0. The van der Waals surface area contributed by atoms with E-state index in [0.717, 1.165) is 15.8 Å². The predicted molar refractivity (Wildman–Crippen MR) is 91.8 cm³/mol. The minimum atomic E-state index is -0.905. The van der Waals surface area contributed by atoms with Crippen LogP contribution in [-0.4, -0.2) is 21.9 Å². The van der Waals surface area contributed by atoms with E-state index in [4.69, 9.17) is 5.11 Å². The number of aliphatic carboxylic acids is 1. The molecule has 1 N–H and O–H groups in total. The maximum Gasteiger partial charge on any atom is 0.323 e. The van der Waals surface area contributed by atoms with Gasteiger partial charge in [0.25, 0.3) is 0 Å². The Hall–Kier alpha value is -2.73. The molecule has 0 radical (unpaired) electrons. The van der Waals surface area contributed by atoms with E-state index in [-0.39, 0.29) is 6.54 Å². The highest BCUT2D eigenvalue weighted by atomic mass is 32.1. The molecule has 0 aliphatic carbocycles. The molecule has 6 heteroatoms. The highest BCUT2D eigenvalue weighted by molar-refractivity contribution is 7.16. The molecule has 2 aromatic carbocycles. The highest BCUT2D eigenvalue weighted by Crippen LogP contribution is 2.16. The number of nitrogens with zero attached hydrogens (tertiary/aromatic N) is 3. The molecule has 0 aliphatic rings. The van der Waals surface area contributed by atoms with Crippen molar-refractivity contribution in [3.05, 3.63) is 64.5 Å². The summed E-state index contributed by atoms with van der Waals surface area (Å²) < 4.78 is 2.65. The number of hydrogen-bond acceptors (Lipinski definition) is 4. The lowest BCUT2D eigenvalue weighted by atomic mass is 10.2. The highest BCUT2D eigenvalue weighted by Gasteiger charge is 2.08. The van der Waals surface area contributed by atoms with Crippen LogP contribution in [-0.2, 0) is 11.3 Å². The molecular weight excluding hydrogens is 310 g/mol. The van der Waals surface area contributed by atoms with Crippen molar-refractivity contribution in [2.45, 2.75) is 13.5 Å². The first-order valence-electron chi connectivity index (χ1n) is 7.07. The number of hydrogen-bond donors (Lipinski definition) is 1. The van der Waals surface area contributed by atoms with Crippen molar-refractivity contribution in [2.75, 3.05) is 0 Å². The van der Waals surface area contributed by atoms with Crippen LogP contribution in [0.1, 0.15) is 11.1 Å². The number of carbonyl (C=O) groups is 1. The van der Waals surface area contributed by atoms with Crippen LogP contribution in [0.3, 0.4) is 0 Å². The summed E-state index contributed by atoms with van der Waals surface area (Å²) in [6.07, 6.45) is 1.66. The van der Waals surface area contributed by atoms with Crippen molar-refractivity contribution in [3.8, 4) is 0 Å². The molecule has 0 amide bonds. The second-order valence-corrected chi connectivity index (χ2v) is 6.10. The van der Waals surface area contributed by atoms with Crippen molar-refractivity contribution in [3.63, 3.8) is 0 Å². The third-order valence-corrected chi connectivity index (χ3v) is 4.36. The molecule has 0 atom stereocenters. The van der Waals surface area contributed by atoms with Gasteiger partial charge >= 0.3 is 5.97 Å². The number of carboxylic acids is 1. The van der Waals surface area contributed by atoms with E-state index >= 15 is 0 Å². The van der Waals surface area contributed by atoms with E-state index in [9.17, 15) is 4.79 Å². The van der Waals surface area contributed by atoms with Crippen LogP contribution >= 0.6 is 11.3 Å². The van der Waals surface area contributed by atoms with Gasteiger partial charge in [-0.2, -0.15) is 5.10 Å². The fraction of sp³-hybridized carbons (Fsp3) is 0.118. The maximum atomic E-state index is 11.1. The van der Waals surface area contributed by atoms with Gasteiger partial charge in [0.2, 0.25) is 4.80 Å². The lowest BCUT2D eigenvalue weighted by Crippen LogP contribution is -2.19. The fourth-order valence-corrected chi connectivity index (χ4v) is 3.17. The van der Waals surface area contributed by atoms with Gasteiger partial charge in [-0.25, -0.2) is 0 Å². The minimum absolute atomic E-state index is 0.136. The van der Waals surface area contributed by atoms with Gasteiger partial charge in [-0.1, -0.05) is 53.3 Å². The number of aromatic nitrogens is 1. The van der Waals surface area contributed by atoms with E-state index in [0.29, 0.717) is 4.80 Å². The SMILES string of the molecule is Cc1ccc(C=NN=c2sc3ccccc3n2CC(=O)O)cc1. The predicted octanol–water partition coefficient (Wildman–Crippen LogP) is 3.03. The molecular formula is C17H15N3O2S. The third-order valence-electron chi connectivity index (χ3n) is 3.31. The average molecular weight is 325 g/mol. The largest absolute Gasteiger partial charge is 0.480 e. The Balaban J connectivity index is 2.00. The van der Waals surface area contributed by atoms with Gasteiger partial charge in [0.1, 0.15) is 6.54 Å². The van der Waals surface area contributed by atoms with Crippen molar-refractivity contribution in [1.29, 1.82) is 0 Å². The maximum absolute atomic E-state index is 11.1. The van der Waals surface area contributed by atoms with Crippen LogP contribution in [0.4, 0.5) is 0 Å². The number of aryl methyl sites for hydroxylation is 1. The van der Waals surface area contributed by atoms with Crippen molar-refractivity contribution < 1.29 is 9.90 Å². The van der Waals surface area contributed by atoms with Crippen LogP contribution in [0.25, 0.3) is 10.2 Å². The lowest BCUT2D eigenvalue weighted by molar-refractivity contribution is -0.137. The Morgan fingerprint density at radius 2 is 1.96 bits per heavy atom. The average Bonchev–Trinajstić information content (AvgIpc) is 2.87. The molecule has 0 saturated heterocycles. The van der Waals surface area contributed by atoms with Gasteiger partial charge in [-0.3, -0.25) is 4.79 Å². The lowest BCUT2D eigenvalue weighted by Gasteiger charge is -1.99. The molecule has 116 valence electrons. The summed E-state index contributed by atoms with van der Waals surface area (Å²) >= 11 is 1.42. The molecule has 0 aliphatic heterocycles. The quantitative estimate of drug-likeness (QED) is 0.592. The minimum Gasteiger partial charge on any atom is -0.480 e. The van der Waals surface area contributed by atoms with Gasteiger partial charge in [0, 0.05) is 0 Å². The smallest absolute Gasteiger partial charge is 0.323 e. The van der Waals surface area contributed by atoms with E-state index in [1.165, 1.54) is 16.9 Å². The van der Waals surface area contributed by atoms with Crippen molar-refractivity contribution >= 4 is 33.7 Å². The fourth-order valence-electron chi connectivity index (χ4n) is 2.18. The summed E-state index contributed by atoms with van der Waals surface area (Å²) in [6.45, 7) is 1.89. The standard InChI is InChI=1S/C17H15N3O2S/c1-12-6-8-13(9-7-12)10-18-19-17-20(11-16(21)22)14-4-2-3-5-15(14)23-17/h2-10H,11H2,1H3,(H,21,22). The molecule has 5 nitrogen and oxygen atoms in total. The van der Waals surface area contributed by atoms with Crippen LogP contribution < -0.4 is 4.80 Å². The zero-order valence-corrected chi connectivity index (χ0v) is 13.3. The van der Waals surface area contributed by atoms with Crippen molar-refractivity contribution in [1.82, 2.24) is 4.57 Å². The summed E-state index contributed by atoms with van der Waals surface area (Å²) in [4.78, 5) is 11.7. The summed E-state index contributed by atoms with van der Waals surface area (Å²) in [6, 6.07) is 15.6. The van der Waals surface area contributed by atoms with Gasteiger partial charge < -0.3 is 9.67 Å². The number of fused-ring (bicyclic) bond motifs is 1. The Kier molecular flexibility index (Phi) is 4.34. The second-order valence-electron chi connectivity index (χ2n) is 5.09. The molecule has 3 aromatic rings. The van der Waals surface area contributed by atoms with Crippen molar-refractivity contribution in [2.24, 2.45) is 10.2 Å². The molecule has 3 rings (SSSR count). The van der Waals surface area contributed by atoms with Gasteiger partial charge in [-0.15, -0.1) is 5.10 Å². The third kappa shape index (κ3) is 3.54. The summed E-state index contributed by atoms with van der Waals surface area (Å²) in [5.41, 5.74) is 2.98. The number of carboxylic acid groups (broad SMARTS) is 1. The molecule has 0 fully saturated rings. The molecule has 0 unspecified atom stereocenters. The second kappa shape index (κ2) is 6.58. The first kappa shape index (κ1) is 15.2. The topological polar surface area (TPSA) is 67.0 Å².